The van der Waals surface area contributed by atoms with E-state index in [0.29, 0.717) is 9.52 Å². The second kappa shape index (κ2) is 5.72. The third-order valence-electron chi connectivity index (χ3n) is 1.22. The molecule has 0 amide bonds. The van der Waals surface area contributed by atoms with E-state index in [9.17, 15) is 5.11 Å². The van der Waals surface area contributed by atoms with E-state index < -0.39 is 5.22 Å². The molecule has 0 saturated carbocycles. The zero-order valence-corrected chi connectivity index (χ0v) is 10.4. The lowest BCUT2D eigenvalue weighted by molar-refractivity contribution is 0.165. The van der Waals surface area contributed by atoms with E-state index >= 15 is 0 Å². The average Bonchev–Trinajstić information content (AvgIpc) is 1.83. The third-order valence-corrected chi connectivity index (χ3v) is 4.40. The van der Waals surface area contributed by atoms with Gasteiger partial charge in [0.05, 0.1) is 19.0 Å². The third kappa shape index (κ3) is 10.1. The zero-order chi connectivity index (χ0) is 9.61. The molecule has 1 nitrogen and oxygen atoms in total. The average molecular weight is 198 g/mol. The van der Waals surface area contributed by atoms with Gasteiger partial charge in [-0.15, -0.1) is 5.70 Å². The molecular formula is C9H18OSi2. The molecule has 0 rings (SSSR count). The van der Waals surface area contributed by atoms with E-state index in [2.05, 4.69) is 19.5 Å². The Kier molecular flexibility index (Phi) is 5.79. The van der Waals surface area contributed by atoms with Crippen molar-refractivity contribution < 1.29 is 5.11 Å². The van der Waals surface area contributed by atoms with Gasteiger partial charge in [0, 0.05) is 5.22 Å². The van der Waals surface area contributed by atoms with Crippen LogP contribution in [0.25, 0.3) is 0 Å². The summed E-state index contributed by atoms with van der Waals surface area (Å²) in [6.45, 7) is 8.03. The maximum atomic E-state index is 9.43. The standard InChI is InChI=1S/C9H18OSi2/c1-8(2)7-11-5-6-12-9(3,4)10/h7,10H,5-6H2,1-4H3. The topological polar surface area (TPSA) is 20.2 Å². The first-order chi connectivity index (χ1) is 5.42. The zero-order valence-electron chi connectivity index (χ0n) is 8.44. The first-order valence-corrected chi connectivity index (χ1v) is 6.75. The van der Waals surface area contributed by atoms with Crippen molar-refractivity contribution in [3.05, 3.63) is 11.3 Å². The summed E-state index contributed by atoms with van der Waals surface area (Å²) in [5, 5.41) is 8.98. The van der Waals surface area contributed by atoms with Crippen LogP contribution in [-0.4, -0.2) is 29.4 Å². The molecule has 0 saturated heterocycles. The summed E-state index contributed by atoms with van der Waals surface area (Å²) in [7, 11) is 1.61. The number of rotatable bonds is 5. The molecule has 0 aliphatic carbocycles. The molecule has 0 aromatic carbocycles. The molecule has 0 bridgehead atoms. The Bertz CT molecular complexity index is 143. The fraction of sp³-hybridized carbons (Fsp3) is 0.778. The van der Waals surface area contributed by atoms with Crippen LogP contribution in [0.5, 0.6) is 0 Å². The molecule has 12 heavy (non-hydrogen) atoms. The fourth-order valence-corrected chi connectivity index (χ4v) is 2.96. The first kappa shape index (κ1) is 12.1. The van der Waals surface area contributed by atoms with Crippen molar-refractivity contribution in [2.45, 2.75) is 45.0 Å². The molecule has 68 valence electrons. The summed E-state index contributed by atoms with van der Waals surface area (Å²) < 4.78 is 0. The minimum atomic E-state index is -0.449. The SMILES string of the molecule is CC(C)=C[Si]CC[Si]C(C)(C)O. The van der Waals surface area contributed by atoms with E-state index in [1.54, 1.807) is 0 Å². The smallest absolute Gasteiger partial charge is 0.0808 e. The fourth-order valence-electron chi connectivity index (χ4n) is 0.717. The second-order valence-electron chi connectivity index (χ2n) is 3.66. The highest BCUT2D eigenvalue weighted by atomic mass is 28.2. The van der Waals surface area contributed by atoms with Crippen LogP contribution < -0.4 is 0 Å². The monoisotopic (exact) mass is 198 g/mol. The van der Waals surface area contributed by atoms with Crippen LogP contribution in [0.15, 0.2) is 11.3 Å². The Balaban J connectivity index is 3.29. The van der Waals surface area contributed by atoms with Crippen molar-refractivity contribution >= 4 is 19.0 Å². The quantitative estimate of drug-likeness (QED) is 0.528. The van der Waals surface area contributed by atoms with E-state index in [-0.39, 0.29) is 0 Å². The van der Waals surface area contributed by atoms with Crippen LogP contribution >= 0.6 is 0 Å². The summed E-state index contributed by atoms with van der Waals surface area (Å²) in [4.78, 5) is 0. The van der Waals surface area contributed by atoms with Crippen molar-refractivity contribution in [3.8, 4) is 0 Å². The van der Waals surface area contributed by atoms with Crippen LogP contribution in [-0.2, 0) is 0 Å². The molecule has 1 N–H and O–H groups in total. The highest BCUT2D eigenvalue weighted by Gasteiger charge is 2.11. The van der Waals surface area contributed by atoms with Crippen molar-refractivity contribution in [2.24, 2.45) is 0 Å². The van der Waals surface area contributed by atoms with Gasteiger partial charge in [-0.2, -0.15) is 0 Å². The van der Waals surface area contributed by atoms with Crippen LogP contribution in [0.3, 0.4) is 0 Å². The van der Waals surface area contributed by atoms with Crippen molar-refractivity contribution in [3.63, 3.8) is 0 Å². The number of aliphatic hydroxyl groups is 1. The van der Waals surface area contributed by atoms with Gasteiger partial charge in [-0.3, -0.25) is 0 Å². The van der Waals surface area contributed by atoms with Gasteiger partial charge in [0.25, 0.3) is 0 Å². The first-order valence-electron chi connectivity index (χ1n) is 4.26. The molecule has 0 aromatic rings. The summed E-state index contributed by atoms with van der Waals surface area (Å²) in [5.74, 6) is 0. The van der Waals surface area contributed by atoms with Crippen molar-refractivity contribution in [1.29, 1.82) is 0 Å². The van der Waals surface area contributed by atoms with Crippen LogP contribution in [0, 0.1) is 0 Å². The Labute approximate surface area is 80.9 Å². The molecule has 0 unspecified atom stereocenters. The minimum Gasteiger partial charge on any atom is -0.395 e. The van der Waals surface area contributed by atoms with Gasteiger partial charge in [0.2, 0.25) is 0 Å². The Morgan fingerprint density at radius 2 is 1.92 bits per heavy atom. The molecule has 0 heterocycles. The van der Waals surface area contributed by atoms with Crippen LogP contribution in [0.1, 0.15) is 27.7 Å². The maximum absolute atomic E-state index is 9.43. The molecule has 0 fully saturated rings. The normalized spacial score (nSPS) is 11.4. The van der Waals surface area contributed by atoms with Crippen molar-refractivity contribution in [1.82, 2.24) is 0 Å². The maximum Gasteiger partial charge on any atom is 0.0808 e. The van der Waals surface area contributed by atoms with Gasteiger partial charge < -0.3 is 5.11 Å². The van der Waals surface area contributed by atoms with Crippen LogP contribution in [0.2, 0.25) is 12.1 Å². The Morgan fingerprint density at radius 1 is 1.33 bits per heavy atom. The number of allylic oxidation sites excluding steroid dienone is 1. The molecule has 3 heteroatoms. The van der Waals surface area contributed by atoms with Gasteiger partial charge in [-0.1, -0.05) is 17.7 Å². The molecule has 0 atom stereocenters. The minimum absolute atomic E-state index is 0.449. The van der Waals surface area contributed by atoms with Gasteiger partial charge in [0.1, 0.15) is 0 Å². The van der Waals surface area contributed by atoms with E-state index in [4.69, 9.17) is 0 Å². The van der Waals surface area contributed by atoms with Gasteiger partial charge in [0.15, 0.2) is 0 Å². The van der Waals surface area contributed by atoms with Gasteiger partial charge in [-0.25, -0.2) is 0 Å². The lowest BCUT2D eigenvalue weighted by atomic mass is 10.4. The summed E-state index contributed by atoms with van der Waals surface area (Å²) in [6, 6.07) is 2.39. The molecule has 0 aliphatic rings. The highest BCUT2D eigenvalue weighted by Crippen LogP contribution is 2.03. The molecule has 0 aromatic heterocycles. The molecule has 0 aliphatic heterocycles. The summed E-state index contributed by atoms with van der Waals surface area (Å²) in [5.41, 5.74) is 3.69. The predicted molar refractivity (Wildman–Crippen MR) is 56.9 cm³/mol. The van der Waals surface area contributed by atoms with E-state index in [1.807, 2.05) is 13.8 Å². The summed E-state index contributed by atoms with van der Waals surface area (Å²) in [6.07, 6.45) is 0. The van der Waals surface area contributed by atoms with Crippen molar-refractivity contribution in [2.75, 3.05) is 0 Å². The second-order valence-corrected chi connectivity index (χ2v) is 6.94. The lowest BCUT2D eigenvalue weighted by Gasteiger charge is -2.14. The molecule has 0 spiro atoms. The van der Waals surface area contributed by atoms with Crippen LogP contribution in [0.4, 0.5) is 0 Å². The largest absolute Gasteiger partial charge is 0.395 e. The summed E-state index contributed by atoms with van der Waals surface area (Å²) >= 11 is 0. The Morgan fingerprint density at radius 3 is 2.33 bits per heavy atom. The number of hydrogen-bond acceptors (Lipinski definition) is 1. The lowest BCUT2D eigenvalue weighted by Crippen LogP contribution is -2.27. The molecule has 4 radical (unpaired) electrons. The van der Waals surface area contributed by atoms with E-state index in [0.717, 1.165) is 15.6 Å². The van der Waals surface area contributed by atoms with Gasteiger partial charge >= 0.3 is 0 Å². The highest BCUT2D eigenvalue weighted by molar-refractivity contribution is 6.47. The van der Waals surface area contributed by atoms with E-state index in [1.165, 1.54) is 11.6 Å². The number of hydrogen-bond donors (Lipinski definition) is 1. The van der Waals surface area contributed by atoms with Gasteiger partial charge in [-0.05, 0) is 27.7 Å². The molecular weight excluding hydrogens is 180 g/mol. The predicted octanol–water partition coefficient (Wildman–Crippen LogP) is 1.88. The Hall–Kier alpha value is 0.134.